The molecule has 1 fully saturated rings. The van der Waals surface area contributed by atoms with Gasteiger partial charge in [0.25, 0.3) is 0 Å². The lowest BCUT2D eigenvalue weighted by molar-refractivity contribution is 0.520. The molecule has 1 heterocycles. The lowest BCUT2D eigenvalue weighted by Crippen LogP contribution is -2.21. The third-order valence-electron chi connectivity index (χ3n) is 2.43. The van der Waals surface area contributed by atoms with Gasteiger partial charge in [-0.05, 0) is 37.6 Å². The molecule has 0 aromatic heterocycles. The first-order valence-corrected chi connectivity index (χ1v) is 6.81. The number of nitrogens with one attached hydrogen (secondary N) is 1. The van der Waals surface area contributed by atoms with Crippen molar-refractivity contribution in [2.24, 2.45) is 0 Å². The average molecular weight is 265 g/mol. The van der Waals surface area contributed by atoms with Crippen molar-refractivity contribution in [1.82, 2.24) is 5.32 Å². The Morgan fingerprint density at radius 3 is 2.18 bits per heavy atom. The van der Waals surface area contributed by atoms with E-state index in [0.717, 1.165) is 5.56 Å². The predicted octanol–water partition coefficient (Wildman–Crippen LogP) is 3.72. The van der Waals surface area contributed by atoms with Crippen LogP contribution in [-0.4, -0.2) is 17.3 Å². The molecule has 0 saturated carbocycles. The largest absolute Gasteiger partial charge is 0.317 e. The van der Waals surface area contributed by atoms with Gasteiger partial charge in [-0.1, -0.05) is 55.0 Å². The van der Waals surface area contributed by atoms with Crippen LogP contribution in [-0.2, 0) is 0 Å². The number of piperidine rings is 1. The minimum absolute atomic E-state index is 0.605. The SMILES string of the molecule is C1CCNCC1.S=C(S)C=Cc1ccccc1. The Bertz CT molecular complexity index is 331. The van der Waals surface area contributed by atoms with E-state index < -0.39 is 0 Å². The summed E-state index contributed by atoms with van der Waals surface area (Å²) in [6.45, 7) is 2.50. The molecule has 1 aromatic carbocycles. The third-order valence-corrected chi connectivity index (χ3v) is 2.71. The van der Waals surface area contributed by atoms with Crippen LogP contribution < -0.4 is 5.32 Å². The Labute approximate surface area is 115 Å². The fraction of sp³-hybridized carbons (Fsp3) is 0.357. The topological polar surface area (TPSA) is 12.0 Å². The Balaban J connectivity index is 0.000000202. The van der Waals surface area contributed by atoms with Crippen LogP contribution in [0.5, 0.6) is 0 Å². The van der Waals surface area contributed by atoms with Gasteiger partial charge in [-0.25, -0.2) is 0 Å². The minimum Gasteiger partial charge on any atom is -0.317 e. The third kappa shape index (κ3) is 8.13. The van der Waals surface area contributed by atoms with Crippen LogP contribution in [0, 0.1) is 0 Å². The summed E-state index contributed by atoms with van der Waals surface area (Å²) in [5.74, 6) is 0. The molecule has 0 atom stereocenters. The molecule has 3 heteroatoms. The van der Waals surface area contributed by atoms with Crippen molar-refractivity contribution in [3.8, 4) is 0 Å². The summed E-state index contributed by atoms with van der Waals surface area (Å²) in [6, 6.07) is 9.99. The first-order valence-electron chi connectivity index (χ1n) is 5.96. The second-order valence-corrected chi connectivity index (χ2v) is 5.12. The van der Waals surface area contributed by atoms with Gasteiger partial charge < -0.3 is 5.32 Å². The van der Waals surface area contributed by atoms with Gasteiger partial charge in [0.05, 0.1) is 4.20 Å². The summed E-state index contributed by atoms with van der Waals surface area (Å²) in [6.07, 6.45) is 7.95. The maximum Gasteiger partial charge on any atom is 0.0675 e. The molecule has 2 rings (SSSR count). The van der Waals surface area contributed by atoms with Crippen molar-refractivity contribution in [2.45, 2.75) is 19.3 Å². The molecule has 1 aliphatic heterocycles. The van der Waals surface area contributed by atoms with Crippen LogP contribution in [0.3, 0.4) is 0 Å². The highest BCUT2D eigenvalue weighted by Crippen LogP contribution is 2.01. The second-order valence-electron chi connectivity index (χ2n) is 3.89. The fourth-order valence-electron chi connectivity index (χ4n) is 1.53. The van der Waals surface area contributed by atoms with E-state index in [1.165, 1.54) is 32.4 Å². The first kappa shape index (κ1) is 14.4. The second kappa shape index (κ2) is 9.40. The maximum atomic E-state index is 4.77. The average Bonchev–Trinajstić information content (AvgIpc) is 2.40. The van der Waals surface area contributed by atoms with Crippen LogP contribution in [0.2, 0.25) is 0 Å². The van der Waals surface area contributed by atoms with E-state index in [1.54, 1.807) is 6.08 Å². The zero-order chi connectivity index (χ0) is 12.3. The first-order chi connectivity index (χ1) is 8.29. The van der Waals surface area contributed by atoms with Crippen molar-refractivity contribution in [3.05, 3.63) is 42.0 Å². The summed E-state index contributed by atoms with van der Waals surface area (Å²) >= 11 is 8.75. The number of hydrogen-bond acceptors (Lipinski definition) is 2. The van der Waals surface area contributed by atoms with Gasteiger partial charge in [0.1, 0.15) is 0 Å². The van der Waals surface area contributed by atoms with E-state index in [2.05, 4.69) is 17.9 Å². The molecule has 1 saturated heterocycles. The summed E-state index contributed by atoms with van der Waals surface area (Å²) < 4.78 is 0.605. The molecule has 0 aliphatic carbocycles. The zero-order valence-corrected chi connectivity index (χ0v) is 11.6. The van der Waals surface area contributed by atoms with E-state index in [9.17, 15) is 0 Å². The molecule has 0 amide bonds. The fourth-order valence-corrected chi connectivity index (χ4v) is 1.68. The lowest BCUT2D eigenvalue weighted by Gasteiger charge is -2.08. The molecule has 92 valence electrons. The number of hydrogen-bond donors (Lipinski definition) is 2. The van der Waals surface area contributed by atoms with Crippen molar-refractivity contribution in [2.75, 3.05) is 13.1 Å². The highest BCUT2D eigenvalue weighted by atomic mass is 32.1. The van der Waals surface area contributed by atoms with Gasteiger partial charge >= 0.3 is 0 Å². The predicted molar refractivity (Wildman–Crippen MR) is 83.8 cm³/mol. The molecular weight excluding hydrogens is 246 g/mol. The normalized spacial score (nSPS) is 15.1. The van der Waals surface area contributed by atoms with E-state index in [4.69, 9.17) is 12.2 Å². The van der Waals surface area contributed by atoms with Crippen molar-refractivity contribution in [1.29, 1.82) is 0 Å². The molecule has 0 radical (unpaired) electrons. The summed E-state index contributed by atoms with van der Waals surface area (Å²) in [4.78, 5) is 0. The molecule has 1 N–H and O–H groups in total. The van der Waals surface area contributed by atoms with Crippen LogP contribution in [0.15, 0.2) is 36.4 Å². The molecule has 1 nitrogen and oxygen atoms in total. The minimum atomic E-state index is 0.605. The Morgan fingerprint density at radius 2 is 1.76 bits per heavy atom. The number of benzene rings is 1. The van der Waals surface area contributed by atoms with Gasteiger partial charge in [-0.15, -0.1) is 12.6 Å². The number of rotatable bonds is 2. The molecule has 0 bridgehead atoms. The molecule has 1 aromatic rings. The lowest BCUT2D eigenvalue weighted by atomic mass is 10.2. The smallest absolute Gasteiger partial charge is 0.0675 e. The van der Waals surface area contributed by atoms with Crippen molar-refractivity contribution in [3.63, 3.8) is 0 Å². The molecule has 17 heavy (non-hydrogen) atoms. The van der Waals surface area contributed by atoms with Crippen LogP contribution in [0.25, 0.3) is 6.08 Å². The maximum absolute atomic E-state index is 4.77. The highest BCUT2D eigenvalue weighted by Gasteiger charge is 1.93. The Kier molecular flexibility index (Phi) is 7.97. The zero-order valence-electron chi connectivity index (χ0n) is 9.93. The Morgan fingerprint density at radius 1 is 1.12 bits per heavy atom. The summed E-state index contributed by atoms with van der Waals surface area (Å²) in [5.41, 5.74) is 1.14. The van der Waals surface area contributed by atoms with E-state index in [0.29, 0.717) is 4.20 Å². The number of thiocarbonyl (C=S) groups is 1. The van der Waals surface area contributed by atoms with Crippen LogP contribution in [0.4, 0.5) is 0 Å². The van der Waals surface area contributed by atoms with E-state index >= 15 is 0 Å². The Hall–Kier alpha value is -0.640. The van der Waals surface area contributed by atoms with Crippen LogP contribution >= 0.6 is 24.8 Å². The summed E-state index contributed by atoms with van der Waals surface area (Å²) in [7, 11) is 0. The van der Waals surface area contributed by atoms with Gasteiger partial charge in [0.2, 0.25) is 0 Å². The van der Waals surface area contributed by atoms with E-state index in [-0.39, 0.29) is 0 Å². The molecular formula is C14H19NS2. The molecule has 1 aliphatic rings. The van der Waals surface area contributed by atoms with Gasteiger partial charge in [-0.3, -0.25) is 0 Å². The standard InChI is InChI=1S/C9H8S2.C5H11N/c10-9(11)7-6-8-4-2-1-3-5-8;1-2-4-6-5-3-1/h1-7H,(H,10,11);6H,1-5H2. The van der Waals surface area contributed by atoms with Gasteiger partial charge in [0.15, 0.2) is 0 Å². The van der Waals surface area contributed by atoms with Gasteiger partial charge in [0, 0.05) is 0 Å². The van der Waals surface area contributed by atoms with Gasteiger partial charge in [-0.2, -0.15) is 0 Å². The quantitative estimate of drug-likeness (QED) is 0.480. The number of thiol groups is 1. The highest BCUT2D eigenvalue weighted by molar-refractivity contribution is 8.11. The van der Waals surface area contributed by atoms with Crippen LogP contribution in [0.1, 0.15) is 24.8 Å². The summed E-state index contributed by atoms with van der Waals surface area (Å²) in [5, 5.41) is 3.28. The monoisotopic (exact) mass is 265 g/mol. The van der Waals surface area contributed by atoms with E-state index in [1.807, 2.05) is 36.4 Å². The molecule has 0 unspecified atom stereocenters. The molecule has 0 spiro atoms. The van der Waals surface area contributed by atoms with Crippen molar-refractivity contribution >= 4 is 35.1 Å². The van der Waals surface area contributed by atoms with Crippen molar-refractivity contribution < 1.29 is 0 Å².